The Hall–Kier alpha value is -0.840. The minimum Gasteiger partial charge on any atom is -0.444 e. The average molecular weight is 274 g/mol. The number of nitrogens with one attached hydrogen (secondary N) is 2. The van der Waals surface area contributed by atoms with Crippen LogP contribution in [-0.2, 0) is 4.74 Å². The van der Waals surface area contributed by atoms with Crippen LogP contribution in [0.15, 0.2) is 0 Å². The van der Waals surface area contributed by atoms with E-state index in [9.17, 15) is 9.18 Å². The van der Waals surface area contributed by atoms with Crippen molar-refractivity contribution < 1.29 is 13.9 Å². The Bertz CT molecular complexity index is 318. The van der Waals surface area contributed by atoms with E-state index < -0.39 is 22.9 Å². The standard InChI is InChI=1S/C14H27FN2O2/c1-12(2,3)19-11(18)17-13(4,5)10-14(15)6-8-16-9-7-14/h16H,6-10H2,1-5H3,(H,17,18). The van der Waals surface area contributed by atoms with Gasteiger partial charge in [-0.25, -0.2) is 9.18 Å². The number of alkyl carbamates (subject to hydrolysis) is 1. The lowest BCUT2D eigenvalue weighted by molar-refractivity contribution is 0.0363. The van der Waals surface area contributed by atoms with Gasteiger partial charge in [-0.3, -0.25) is 0 Å². The predicted molar refractivity (Wildman–Crippen MR) is 74.0 cm³/mol. The molecule has 1 aliphatic rings. The van der Waals surface area contributed by atoms with Gasteiger partial charge in [0.15, 0.2) is 0 Å². The second-order valence-corrected chi connectivity index (χ2v) is 7.09. The van der Waals surface area contributed by atoms with Crippen molar-refractivity contribution in [3.8, 4) is 0 Å². The third-order valence-electron chi connectivity index (χ3n) is 3.10. The smallest absolute Gasteiger partial charge is 0.408 e. The van der Waals surface area contributed by atoms with Crippen LogP contribution in [-0.4, -0.2) is 36.0 Å². The molecule has 0 aromatic rings. The number of alkyl halides is 1. The molecule has 0 saturated carbocycles. The molecule has 5 heteroatoms. The fraction of sp³-hybridized carbons (Fsp3) is 0.929. The maximum atomic E-state index is 14.6. The average Bonchev–Trinajstić information content (AvgIpc) is 2.11. The van der Waals surface area contributed by atoms with E-state index in [0.717, 1.165) is 0 Å². The topological polar surface area (TPSA) is 50.4 Å². The maximum absolute atomic E-state index is 14.6. The first kappa shape index (κ1) is 16.2. The Balaban J connectivity index is 2.53. The molecule has 0 aromatic carbocycles. The molecule has 0 spiro atoms. The number of hydrogen-bond donors (Lipinski definition) is 2. The number of hydrogen-bond acceptors (Lipinski definition) is 3. The first-order valence-corrected chi connectivity index (χ1v) is 6.92. The van der Waals surface area contributed by atoms with Gasteiger partial charge in [-0.05, 0) is 60.5 Å². The van der Waals surface area contributed by atoms with Crippen LogP contribution in [0.25, 0.3) is 0 Å². The number of carbonyl (C=O) groups is 1. The number of rotatable bonds is 3. The molecule has 0 atom stereocenters. The van der Waals surface area contributed by atoms with Gasteiger partial charge in [-0.2, -0.15) is 0 Å². The summed E-state index contributed by atoms with van der Waals surface area (Å²) >= 11 is 0. The highest BCUT2D eigenvalue weighted by Gasteiger charge is 2.38. The second-order valence-electron chi connectivity index (χ2n) is 7.09. The molecule has 19 heavy (non-hydrogen) atoms. The molecule has 2 N–H and O–H groups in total. The zero-order chi connectivity index (χ0) is 14.7. The van der Waals surface area contributed by atoms with Crippen LogP contribution in [0, 0.1) is 0 Å². The molecule has 1 rings (SSSR count). The van der Waals surface area contributed by atoms with Crippen molar-refractivity contribution in [2.45, 2.75) is 70.7 Å². The van der Waals surface area contributed by atoms with Crippen molar-refractivity contribution in [2.24, 2.45) is 0 Å². The second kappa shape index (κ2) is 5.65. The highest BCUT2D eigenvalue weighted by Crippen LogP contribution is 2.32. The van der Waals surface area contributed by atoms with Crippen LogP contribution >= 0.6 is 0 Å². The fourth-order valence-corrected chi connectivity index (χ4v) is 2.47. The summed E-state index contributed by atoms with van der Waals surface area (Å²) in [6, 6.07) is 0. The Kier molecular flexibility index (Phi) is 4.82. The number of halogens is 1. The lowest BCUT2D eigenvalue weighted by Crippen LogP contribution is -2.51. The lowest BCUT2D eigenvalue weighted by Gasteiger charge is -2.37. The summed E-state index contributed by atoms with van der Waals surface area (Å²) in [6.07, 6.45) is 0.801. The molecule has 1 heterocycles. The highest BCUT2D eigenvalue weighted by atomic mass is 19.1. The van der Waals surface area contributed by atoms with Crippen LogP contribution < -0.4 is 10.6 Å². The molecule has 1 fully saturated rings. The minimum absolute atomic E-state index is 0.306. The molecule has 1 aliphatic heterocycles. The molecule has 0 radical (unpaired) electrons. The monoisotopic (exact) mass is 274 g/mol. The van der Waals surface area contributed by atoms with E-state index in [1.807, 2.05) is 34.6 Å². The Morgan fingerprint density at radius 1 is 1.26 bits per heavy atom. The molecular formula is C14H27FN2O2. The zero-order valence-corrected chi connectivity index (χ0v) is 12.7. The summed E-state index contributed by atoms with van der Waals surface area (Å²) in [5.74, 6) is 0. The summed E-state index contributed by atoms with van der Waals surface area (Å²) in [6.45, 7) is 10.5. The van der Waals surface area contributed by atoms with Crippen molar-refractivity contribution >= 4 is 6.09 Å². The molecular weight excluding hydrogens is 247 g/mol. The first-order valence-electron chi connectivity index (χ1n) is 6.92. The molecule has 0 aromatic heterocycles. The number of carbonyl (C=O) groups excluding carboxylic acids is 1. The van der Waals surface area contributed by atoms with Gasteiger partial charge in [-0.15, -0.1) is 0 Å². The molecule has 112 valence electrons. The fourth-order valence-electron chi connectivity index (χ4n) is 2.47. The molecule has 1 saturated heterocycles. The minimum atomic E-state index is -1.20. The van der Waals surface area contributed by atoms with E-state index in [2.05, 4.69) is 10.6 Å². The van der Waals surface area contributed by atoms with Gasteiger partial charge in [0.1, 0.15) is 11.3 Å². The van der Waals surface area contributed by atoms with Crippen LogP contribution in [0.4, 0.5) is 9.18 Å². The largest absolute Gasteiger partial charge is 0.444 e. The van der Waals surface area contributed by atoms with Crippen LogP contribution in [0.2, 0.25) is 0 Å². The Labute approximate surface area is 115 Å². The summed E-state index contributed by atoms with van der Waals surface area (Å²) in [4.78, 5) is 11.8. The maximum Gasteiger partial charge on any atom is 0.408 e. The Morgan fingerprint density at radius 2 is 1.79 bits per heavy atom. The summed E-state index contributed by atoms with van der Waals surface area (Å²) in [5, 5.41) is 5.91. The molecule has 0 unspecified atom stereocenters. The summed E-state index contributed by atoms with van der Waals surface area (Å²) in [7, 11) is 0. The van der Waals surface area contributed by atoms with E-state index >= 15 is 0 Å². The van der Waals surface area contributed by atoms with E-state index in [1.165, 1.54) is 0 Å². The van der Waals surface area contributed by atoms with Gasteiger partial charge in [-0.1, -0.05) is 0 Å². The normalized spacial score (nSPS) is 19.9. The van der Waals surface area contributed by atoms with Gasteiger partial charge >= 0.3 is 6.09 Å². The molecule has 1 amide bonds. The van der Waals surface area contributed by atoms with Crippen LogP contribution in [0.5, 0.6) is 0 Å². The number of ether oxygens (including phenoxy) is 1. The van der Waals surface area contributed by atoms with Crippen molar-refractivity contribution in [3.63, 3.8) is 0 Å². The Morgan fingerprint density at radius 3 is 2.26 bits per heavy atom. The van der Waals surface area contributed by atoms with Crippen molar-refractivity contribution in [3.05, 3.63) is 0 Å². The van der Waals surface area contributed by atoms with E-state index in [0.29, 0.717) is 32.4 Å². The van der Waals surface area contributed by atoms with Crippen LogP contribution in [0.3, 0.4) is 0 Å². The van der Waals surface area contributed by atoms with Crippen LogP contribution in [0.1, 0.15) is 53.9 Å². The molecule has 0 aliphatic carbocycles. The SMILES string of the molecule is CC(C)(CC1(F)CCNCC1)NC(=O)OC(C)(C)C. The van der Waals surface area contributed by atoms with Gasteiger partial charge in [0.05, 0.1) is 0 Å². The van der Waals surface area contributed by atoms with Gasteiger partial charge < -0.3 is 15.4 Å². The first-order chi connectivity index (χ1) is 8.52. The highest BCUT2D eigenvalue weighted by molar-refractivity contribution is 5.68. The van der Waals surface area contributed by atoms with Gasteiger partial charge in [0.2, 0.25) is 0 Å². The number of amides is 1. The van der Waals surface area contributed by atoms with Crippen molar-refractivity contribution in [2.75, 3.05) is 13.1 Å². The third kappa shape index (κ3) is 6.23. The van der Waals surface area contributed by atoms with E-state index in [1.54, 1.807) is 0 Å². The predicted octanol–water partition coefficient (Wildman–Crippen LogP) is 2.77. The van der Waals surface area contributed by atoms with Gasteiger partial charge in [0.25, 0.3) is 0 Å². The molecule has 4 nitrogen and oxygen atoms in total. The molecule has 0 bridgehead atoms. The quantitative estimate of drug-likeness (QED) is 0.832. The van der Waals surface area contributed by atoms with Gasteiger partial charge in [0, 0.05) is 12.0 Å². The van der Waals surface area contributed by atoms with E-state index in [-0.39, 0.29) is 0 Å². The third-order valence-corrected chi connectivity index (χ3v) is 3.10. The summed E-state index contributed by atoms with van der Waals surface area (Å²) in [5.41, 5.74) is -2.36. The van der Waals surface area contributed by atoms with E-state index in [4.69, 9.17) is 4.74 Å². The zero-order valence-electron chi connectivity index (χ0n) is 12.7. The van der Waals surface area contributed by atoms with Crippen molar-refractivity contribution in [1.29, 1.82) is 0 Å². The summed E-state index contributed by atoms with van der Waals surface area (Å²) < 4.78 is 19.8. The lowest BCUT2D eigenvalue weighted by atomic mass is 9.82. The number of piperidine rings is 1. The van der Waals surface area contributed by atoms with Crippen molar-refractivity contribution in [1.82, 2.24) is 10.6 Å².